The highest BCUT2D eigenvalue weighted by Gasteiger charge is 2.22. The van der Waals surface area contributed by atoms with E-state index in [4.69, 9.17) is 16.3 Å². The zero-order valence-corrected chi connectivity index (χ0v) is 13.4. The quantitative estimate of drug-likeness (QED) is 0.921. The van der Waals surface area contributed by atoms with Gasteiger partial charge >= 0.3 is 0 Å². The van der Waals surface area contributed by atoms with Crippen LogP contribution in [0.3, 0.4) is 0 Å². The van der Waals surface area contributed by atoms with E-state index in [0.29, 0.717) is 29.0 Å². The van der Waals surface area contributed by atoms with Gasteiger partial charge in [0.25, 0.3) is 0 Å². The van der Waals surface area contributed by atoms with Gasteiger partial charge in [0.05, 0.1) is 12.1 Å². The zero-order chi connectivity index (χ0) is 15.6. The maximum atomic E-state index is 9.97. The Labute approximate surface area is 129 Å². The number of nitrogens with zero attached hydrogens (tertiary/aromatic N) is 3. The molecule has 6 heteroatoms. The number of aryl methyl sites for hydroxylation is 1. The second-order valence-electron chi connectivity index (χ2n) is 5.70. The van der Waals surface area contributed by atoms with Crippen molar-refractivity contribution in [3.8, 4) is 5.75 Å². The minimum atomic E-state index is -0.870. The first-order valence-electron chi connectivity index (χ1n) is 6.80. The molecule has 0 amide bonds. The van der Waals surface area contributed by atoms with Crippen LogP contribution < -0.4 is 4.74 Å². The first-order valence-corrected chi connectivity index (χ1v) is 7.18. The van der Waals surface area contributed by atoms with E-state index < -0.39 is 5.60 Å². The minimum Gasteiger partial charge on any atom is -0.483 e. The average Bonchev–Trinajstić information content (AvgIpc) is 2.67. The molecule has 2 rings (SSSR count). The van der Waals surface area contributed by atoms with Crippen molar-refractivity contribution in [2.75, 3.05) is 0 Å². The molecule has 1 unspecified atom stereocenters. The second-order valence-corrected chi connectivity index (χ2v) is 6.14. The molecule has 0 spiro atoms. The summed E-state index contributed by atoms with van der Waals surface area (Å²) in [5, 5.41) is 14.9. The molecule has 1 N–H and O–H groups in total. The van der Waals surface area contributed by atoms with Crippen LogP contribution in [0.15, 0.2) is 24.3 Å². The summed E-state index contributed by atoms with van der Waals surface area (Å²) in [6, 6.07) is 7.21. The molecule has 0 fully saturated rings. The smallest absolute Gasteiger partial charge is 0.168 e. The van der Waals surface area contributed by atoms with Crippen molar-refractivity contribution in [3.05, 3.63) is 40.9 Å². The van der Waals surface area contributed by atoms with Crippen LogP contribution in [-0.2, 0) is 6.54 Å². The van der Waals surface area contributed by atoms with Crippen molar-refractivity contribution in [1.82, 2.24) is 14.8 Å². The number of benzene rings is 1. The predicted molar refractivity (Wildman–Crippen MR) is 81.6 cm³/mol. The van der Waals surface area contributed by atoms with Crippen LogP contribution >= 0.6 is 11.6 Å². The van der Waals surface area contributed by atoms with E-state index in [1.807, 2.05) is 26.0 Å². The summed E-state index contributed by atoms with van der Waals surface area (Å²) in [5.41, 5.74) is -0.870. The lowest BCUT2D eigenvalue weighted by molar-refractivity contribution is 0.0541. The van der Waals surface area contributed by atoms with Gasteiger partial charge in [0.2, 0.25) is 0 Å². The molecule has 0 aliphatic heterocycles. The van der Waals surface area contributed by atoms with Crippen LogP contribution in [-0.4, -0.2) is 25.5 Å². The Balaban J connectivity index is 2.21. The summed E-state index contributed by atoms with van der Waals surface area (Å²) >= 11 is 5.95. The van der Waals surface area contributed by atoms with E-state index in [1.165, 1.54) is 0 Å². The fraction of sp³-hybridized carbons (Fsp3) is 0.467. The Bertz CT molecular complexity index is 620. The fourth-order valence-corrected chi connectivity index (χ4v) is 2.23. The third kappa shape index (κ3) is 4.44. The number of hydrogen-bond acceptors (Lipinski definition) is 4. The van der Waals surface area contributed by atoms with Gasteiger partial charge < -0.3 is 9.84 Å². The third-order valence-corrected chi connectivity index (χ3v) is 3.05. The molecule has 0 saturated carbocycles. The number of aliphatic hydroxyl groups is 1. The largest absolute Gasteiger partial charge is 0.483 e. The van der Waals surface area contributed by atoms with Gasteiger partial charge in [-0.3, -0.25) is 0 Å². The molecule has 0 saturated heterocycles. The van der Waals surface area contributed by atoms with Crippen molar-refractivity contribution in [2.45, 2.75) is 45.9 Å². The van der Waals surface area contributed by atoms with Gasteiger partial charge in [-0.05, 0) is 45.9 Å². The summed E-state index contributed by atoms with van der Waals surface area (Å²) in [6.45, 7) is 7.53. The van der Waals surface area contributed by atoms with Crippen molar-refractivity contribution >= 4 is 11.6 Å². The first kappa shape index (κ1) is 15.8. The highest BCUT2D eigenvalue weighted by Crippen LogP contribution is 2.24. The van der Waals surface area contributed by atoms with Gasteiger partial charge in [0.15, 0.2) is 11.9 Å². The predicted octanol–water partition coefficient (Wildman–Crippen LogP) is 3.15. The van der Waals surface area contributed by atoms with Crippen LogP contribution in [0.25, 0.3) is 0 Å². The summed E-state index contributed by atoms with van der Waals surface area (Å²) < 4.78 is 7.55. The van der Waals surface area contributed by atoms with Crippen LogP contribution in [0.1, 0.15) is 38.5 Å². The van der Waals surface area contributed by atoms with Crippen molar-refractivity contribution in [1.29, 1.82) is 0 Å². The zero-order valence-electron chi connectivity index (χ0n) is 12.7. The highest BCUT2D eigenvalue weighted by molar-refractivity contribution is 6.30. The Morgan fingerprint density at radius 3 is 2.76 bits per heavy atom. The van der Waals surface area contributed by atoms with E-state index in [1.54, 1.807) is 30.7 Å². The maximum absolute atomic E-state index is 9.97. The highest BCUT2D eigenvalue weighted by atomic mass is 35.5. The molecule has 0 aliphatic rings. The molecule has 2 aromatic rings. The standard InChI is InChI=1S/C15H20ClN3O2/c1-10(21-13-7-5-6-12(16)8-13)14-17-11(2)18-19(14)9-15(3,4)20/h5-8,10,20H,9H2,1-4H3. The van der Waals surface area contributed by atoms with Crippen LogP contribution in [0.5, 0.6) is 5.75 Å². The summed E-state index contributed by atoms with van der Waals surface area (Å²) in [7, 11) is 0. The second kappa shape index (κ2) is 6.03. The van der Waals surface area contributed by atoms with Crippen molar-refractivity contribution in [3.63, 3.8) is 0 Å². The molecule has 0 radical (unpaired) electrons. The molecule has 1 atom stereocenters. The average molecular weight is 310 g/mol. The lowest BCUT2D eigenvalue weighted by Crippen LogP contribution is -2.28. The number of ether oxygens (including phenoxy) is 1. The van der Waals surface area contributed by atoms with E-state index in [-0.39, 0.29) is 6.10 Å². The summed E-state index contributed by atoms with van der Waals surface area (Å²) in [5.74, 6) is 2.00. The molecular formula is C15H20ClN3O2. The third-order valence-electron chi connectivity index (χ3n) is 2.82. The Kier molecular flexibility index (Phi) is 4.54. The fourth-order valence-electron chi connectivity index (χ4n) is 2.05. The Morgan fingerprint density at radius 1 is 1.43 bits per heavy atom. The number of aromatic nitrogens is 3. The summed E-state index contributed by atoms with van der Waals surface area (Å²) in [6.07, 6.45) is -0.299. The van der Waals surface area contributed by atoms with Gasteiger partial charge in [-0.25, -0.2) is 9.67 Å². The topological polar surface area (TPSA) is 60.2 Å². The van der Waals surface area contributed by atoms with E-state index in [2.05, 4.69) is 10.1 Å². The lowest BCUT2D eigenvalue weighted by atomic mass is 10.1. The van der Waals surface area contributed by atoms with Crippen LogP contribution in [0.4, 0.5) is 0 Å². The molecule has 0 aliphatic carbocycles. The van der Waals surface area contributed by atoms with Gasteiger partial charge in [-0.2, -0.15) is 5.10 Å². The van der Waals surface area contributed by atoms with Crippen molar-refractivity contribution < 1.29 is 9.84 Å². The molecule has 5 nitrogen and oxygen atoms in total. The SMILES string of the molecule is Cc1nc(C(C)Oc2cccc(Cl)c2)n(CC(C)(C)O)n1. The van der Waals surface area contributed by atoms with Gasteiger partial charge in [0.1, 0.15) is 11.6 Å². The first-order chi connectivity index (χ1) is 9.74. The van der Waals surface area contributed by atoms with E-state index >= 15 is 0 Å². The van der Waals surface area contributed by atoms with E-state index in [0.717, 1.165) is 0 Å². The Hall–Kier alpha value is -1.59. The monoisotopic (exact) mass is 309 g/mol. The maximum Gasteiger partial charge on any atom is 0.168 e. The van der Waals surface area contributed by atoms with E-state index in [9.17, 15) is 5.11 Å². The normalized spacial score (nSPS) is 13.2. The minimum absolute atomic E-state index is 0.299. The Morgan fingerprint density at radius 2 is 2.14 bits per heavy atom. The molecule has 0 bridgehead atoms. The molecule has 1 aromatic carbocycles. The summed E-state index contributed by atoms with van der Waals surface area (Å²) in [4.78, 5) is 4.40. The molecule has 114 valence electrons. The molecule has 21 heavy (non-hydrogen) atoms. The molecule has 1 aromatic heterocycles. The van der Waals surface area contributed by atoms with Crippen LogP contribution in [0, 0.1) is 6.92 Å². The number of rotatable bonds is 5. The lowest BCUT2D eigenvalue weighted by Gasteiger charge is -2.20. The van der Waals surface area contributed by atoms with Crippen molar-refractivity contribution in [2.24, 2.45) is 0 Å². The number of hydrogen-bond donors (Lipinski definition) is 1. The van der Waals surface area contributed by atoms with Crippen LogP contribution in [0.2, 0.25) is 5.02 Å². The van der Waals surface area contributed by atoms with Gasteiger partial charge in [-0.1, -0.05) is 17.7 Å². The van der Waals surface area contributed by atoms with Gasteiger partial charge in [0, 0.05) is 5.02 Å². The molecular weight excluding hydrogens is 290 g/mol. The molecule has 1 heterocycles. The van der Waals surface area contributed by atoms with Gasteiger partial charge in [-0.15, -0.1) is 0 Å². The number of halogens is 1.